The summed E-state index contributed by atoms with van der Waals surface area (Å²) in [7, 11) is 0. The van der Waals surface area contributed by atoms with E-state index in [4.69, 9.17) is 5.73 Å². The molecule has 2 nitrogen and oxygen atoms in total. The lowest BCUT2D eigenvalue weighted by Gasteiger charge is -2.40. The normalized spacial score (nSPS) is 23.8. The van der Waals surface area contributed by atoms with Crippen molar-refractivity contribution in [1.29, 1.82) is 0 Å². The Morgan fingerprint density at radius 1 is 1.29 bits per heavy atom. The first-order valence-corrected chi connectivity index (χ1v) is 5.89. The molecule has 2 N–H and O–H groups in total. The molecule has 1 aliphatic heterocycles. The molecule has 0 bridgehead atoms. The molecule has 1 fully saturated rings. The van der Waals surface area contributed by atoms with Gasteiger partial charge in [-0.25, -0.2) is 0 Å². The molecular formula is C12H26N2. The molecule has 1 saturated heterocycles. The summed E-state index contributed by atoms with van der Waals surface area (Å²) in [6, 6.07) is 0.566. The van der Waals surface area contributed by atoms with Crippen LogP contribution in [0, 0.1) is 11.3 Å². The predicted molar refractivity (Wildman–Crippen MR) is 62.3 cm³/mol. The van der Waals surface area contributed by atoms with E-state index in [1.807, 2.05) is 0 Å². The standard InChI is InChI=1S/C12H26N2/c1-10(9-13)14-7-5-11(6-8-14)12(2,3)4/h10-11H,5-9,13H2,1-4H3. The summed E-state index contributed by atoms with van der Waals surface area (Å²) in [5.41, 5.74) is 6.17. The van der Waals surface area contributed by atoms with Gasteiger partial charge in [0.15, 0.2) is 0 Å². The zero-order valence-electron chi connectivity index (χ0n) is 10.2. The number of hydrogen-bond donors (Lipinski definition) is 1. The van der Waals surface area contributed by atoms with E-state index in [1.54, 1.807) is 0 Å². The minimum Gasteiger partial charge on any atom is -0.329 e. The number of rotatable bonds is 2. The molecule has 1 heterocycles. The molecule has 0 amide bonds. The minimum atomic E-state index is 0.484. The molecule has 0 saturated carbocycles. The van der Waals surface area contributed by atoms with Gasteiger partial charge in [-0.1, -0.05) is 20.8 Å². The summed E-state index contributed by atoms with van der Waals surface area (Å²) in [6.45, 7) is 12.6. The molecule has 0 aromatic carbocycles. The number of likely N-dealkylation sites (tertiary alicyclic amines) is 1. The van der Waals surface area contributed by atoms with Crippen molar-refractivity contribution in [3.63, 3.8) is 0 Å². The van der Waals surface area contributed by atoms with Crippen LogP contribution >= 0.6 is 0 Å². The van der Waals surface area contributed by atoms with E-state index in [0.29, 0.717) is 11.5 Å². The minimum absolute atomic E-state index is 0.484. The maximum atomic E-state index is 5.68. The van der Waals surface area contributed by atoms with Crippen LogP contribution in [-0.2, 0) is 0 Å². The number of hydrogen-bond acceptors (Lipinski definition) is 2. The molecular weight excluding hydrogens is 172 g/mol. The van der Waals surface area contributed by atoms with Gasteiger partial charge in [-0.3, -0.25) is 4.90 Å². The second kappa shape index (κ2) is 4.63. The first-order valence-electron chi connectivity index (χ1n) is 5.89. The molecule has 84 valence electrons. The summed E-state index contributed by atoms with van der Waals surface area (Å²) < 4.78 is 0. The summed E-state index contributed by atoms with van der Waals surface area (Å²) in [5, 5.41) is 0. The SMILES string of the molecule is CC(CN)N1CCC(C(C)(C)C)CC1. The van der Waals surface area contributed by atoms with E-state index in [0.717, 1.165) is 12.5 Å². The van der Waals surface area contributed by atoms with Crippen LogP contribution in [0.15, 0.2) is 0 Å². The van der Waals surface area contributed by atoms with Gasteiger partial charge in [-0.2, -0.15) is 0 Å². The maximum absolute atomic E-state index is 5.68. The average Bonchev–Trinajstić information content (AvgIpc) is 2.15. The number of nitrogens with two attached hydrogens (primary N) is 1. The topological polar surface area (TPSA) is 29.3 Å². The van der Waals surface area contributed by atoms with Gasteiger partial charge in [0, 0.05) is 12.6 Å². The molecule has 14 heavy (non-hydrogen) atoms. The monoisotopic (exact) mass is 198 g/mol. The Labute approximate surface area is 88.8 Å². The molecule has 1 atom stereocenters. The van der Waals surface area contributed by atoms with Crippen LogP contribution in [0.2, 0.25) is 0 Å². The highest BCUT2D eigenvalue weighted by Crippen LogP contribution is 2.34. The molecule has 0 spiro atoms. The Morgan fingerprint density at radius 2 is 1.79 bits per heavy atom. The van der Waals surface area contributed by atoms with Crippen molar-refractivity contribution in [2.75, 3.05) is 19.6 Å². The first-order chi connectivity index (χ1) is 6.45. The lowest BCUT2D eigenvalue weighted by Crippen LogP contribution is -2.45. The maximum Gasteiger partial charge on any atom is 0.0190 e. The van der Waals surface area contributed by atoms with Crippen LogP contribution in [0.4, 0.5) is 0 Å². The van der Waals surface area contributed by atoms with Gasteiger partial charge in [0.1, 0.15) is 0 Å². The smallest absolute Gasteiger partial charge is 0.0190 e. The van der Waals surface area contributed by atoms with Crippen LogP contribution in [0.5, 0.6) is 0 Å². The van der Waals surface area contributed by atoms with Crippen LogP contribution in [0.1, 0.15) is 40.5 Å². The Morgan fingerprint density at radius 3 is 2.14 bits per heavy atom. The van der Waals surface area contributed by atoms with Crippen LogP contribution in [0.3, 0.4) is 0 Å². The molecule has 0 aliphatic carbocycles. The lowest BCUT2D eigenvalue weighted by molar-refractivity contribution is 0.0901. The fourth-order valence-corrected chi connectivity index (χ4v) is 2.36. The van der Waals surface area contributed by atoms with Gasteiger partial charge in [-0.15, -0.1) is 0 Å². The Hall–Kier alpha value is -0.0800. The molecule has 1 aliphatic rings. The summed E-state index contributed by atoms with van der Waals surface area (Å²) in [4.78, 5) is 2.53. The third-order valence-corrected chi connectivity index (χ3v) is 3.72. The zero-order valence-corrected chi connectivity index (χ0v) is 10.2. The summed E-state index contributed by atoms with van der Waals surface area (Å²) in [5.74, 6) is 0.892. The zero-order chi connectivity index (χ0) is 10.8. The second-order valence-corrected chi connectivity index (χ2v) is 5.76. The quantitative estimate of drug-likeness (QED) is 0.736. The average molecular weight is 198 g/mol. The highest BCUT2D eigenvalue weighted by molar-refractivity contribution is 4.82. The molecule has 2 heteroatoms. The molecule has 0 radical (unpaired) electrons. The van der Waals surface area contributed by atoms with E-state index < -0.39 is 0 Å². The van der Waals surface area contributed by atoms with Crippen molar-refractivity contribution in [1.82, 2.24) is 4.90 Å². The fraction of sp³-hybridized carbons (Fsp3) is 1.00. The summed E-state index contributed by atoms with van der Waals surface area (Å²) >= 11 is 0. The largest absolute Gasteiger partial charge is 0.329 e. The Kier molecular flexibility index (Phi) is 3.96. The van der Waals surface area contributed by atoms with Crippen molar-refractivity contribution in [3.8, 4) is 0 Å². The van der Waals surface area contributed by atoms with Gasteiger partial charge in [-0.05, 0) is 44.2 Å². The molecule has 1 unspecified atom stereocenters. The van der Waals surface area contributed by atoms with Crippen molar-refractivity contribution in [2.45, 2.75) is 46.6 Å². The molecule has 0 aromatic rings. The summed E-state index contributed by atoms with van der Waals surface area (Å²) in [6.07, 6.45) is 2.68. The first kappa shape index (κ1) is 12.0. The van der Waals surface area contributed by atoms with Crippen LogP contribution in [0.25, 0.3) is 0 Å². The van der Waals surface area contributed by atoms with Crippen LogP contribution < -0.4 is 5.73 Å². The van der Waals surface area contributed by atoms with E-state index >= 15 is 0 Å². The van der Waals surface area contributed by atoms with Gasteiger partial charge in [0.05, 0.1) is 0 Å². The second-order valence-electron chi connectivity index (χ2n) is 5.76. The highest BCUT2D eigenvalue weighted by Gasteiger charge is 2.29. The lowest BCUT2D eigenvalue weighted by atomic mass is 9.75. The predicted octanol–water partition coefficient (Wildman–Crippen LogP) is 2.09. The van der Waals surface area contributed by atoms with Crippen LogP contribution in [-0.4, -0.2) is 30.6 Å². The van der Waals surface area contributed by atoms with Gasteiger partial charge >= 0.3 is 0 Å². The number of piperidine rings is 1. The molecule has 0 aromatic heterocycles. The van der Waals surface area contributed by atoms with Gasteiger partial charge in [0.25, 0.3) is 0 Å². The third-order valence-electron chi connectivity index (χ3n) is 3.72. The van der Waals surface area contributed by atoms with Crippen molar-refractivity contribution >= 4 is 0 Å². The van der Waals surface area contributed by atoms with E-state index in [-0.39, 0.29) is 0 Å². The molecule has 1 rings (SSSR count). The van der Waals surface area contributed by atoms with Gasteiger partial charge < -0.3 is 5.73 Å². The van der Waals surface area contributed by atoms with E-state index in [1.165, 1.54) is 25.9 Å². The van der Waals surface area contributed by atoms with Gasteiger partial charge in [0.2, 0.25) is 0 Å². The van der Waals surface area contributed by atoms with E-state index in [2.05, 4.69) is 32.6 Å². The van der Waals surface area contributed by atoms with Crippen molar-refractivity contribution < 1.29 is 0 Å². The van der Waals surface area contributed by atoms with Crippen molar-refractivity contribution in [2.24, 2.45) is 17.1 Å². The van der Waals surface area contributed by atoms with E-state index in [9.17, 15) is 0 Å². The Bertz CT molecular complexity index is 164. The third kappa shape index (κ3) is 2.96. The number of nitrogens with zero attached hydrogens (tertiary/aromatic N) is 1. The Balaban J connectivity index is 2.39. The van der Waals surface area contributed by atoms with Crippen molar-refractivity contribution in [3.05, 3.63) is 0 Å². The highest BCUT2D eigenvalue weighted by atomic mass is 15.2. The fourth-order valence-electron chi connectivity index (χ4n) is 2.36.